The number of rotatable bonds is 4. The predicted molar refractivity (Wildman–Crippen MR) is 82.0 cm³/mol. The highest BCUT2D eigenvalue weighted by molar-refractivity contribution is 5.85. The second-order valence-electron chi connectivity index (χ2n) is 5.46. The zero-order chi connectivity index (χ0) is 16.0. The molecular formula is C16H22FN3O2. The summed E-state index contributed by atoms with van der Waals surface area (Å²) in [5.41, 5.74) is -0.961. The van der Waals surface area contributed by atoms with Crippen LogP contribution in [0.15, 0.2) is 30.3 Å². The standard InChI is InChI=1S/C16H22FN3O2/c1-2-18-15(22)20-10-8-16(17,9-11-20)14(21)19-12-13-6-4-3-5-7-13/h3-7H,2,8-12H2,1H3,(H,18,22)(H,19,21). The minimum Gasteiger partial charge on any atom is -0.349 e. The SMILES string of the molecule is CCNC(=O)N1CCC(F)(C(=O)NCc2ccccc2)CC1. The molecule has 2 rings (SSSR count). The fraction of sp³-hybridized carbons (Fsp3) is 0.500. The van der Waals surface area contributed by atoms with Gasteiger partial charge in [-0.25, -0.2) is 9.18 Å². The zero-order valence-electron chi connectivity index (χ0n) is 12.8. The molecule has 1 aromatic carbocycles. The molecule has 5 nitrogen and oxygen atoms in total. The third-order valence-electron chi connectivity index (χ3n) is 3.87. The number of nitrogens with zero attached hydrogens (tertiary/aromatic N) is 1. The second kappa shape index (κ2) is 7.24. The summed E-state index contributed by atoms with van der Waals surface area (Å²) in [6.45, 7) is 3.18. The molecule has 0 bridgehead atoms. The van der Waals surface area contributed by atoms with E-state index in [0.29, 0.717) is 13.1 Å². The number of alkyl halides is 1. The van der Waals surface area contributed by atoms with Gasteiger partial charge in [-0.3, -0.25) is 4.79 Å². The molecule has 3 amide bonds. The first-order valence-corrected chi connectivity index (χ1v) is 7.59. The topological polar surface area (TPSA) is 61.4 Å². The average molecular weight is 307 g/mol. The second-order valence-corrected chi connectivity index (χ2v) is 5.46. The number of urea groups is 1. The van der Waals surface area contributed by atoms with Crippen molar-refractivity contribution in [3.05, 3.63) is 35.9 Å². The lowest BCUT2D eigenvalue weighted by Crippen LogP contribution is -2.53. The van der Waals surface area contributed by atoms with E-state index in [1.807, 2.05) is 37.3 Å². The van der Waals surface area contributed by atoms with Gasteiger partial charge in [0.2, 0.25) is 0 Å². The Balaban J connectivity index is 1.84. The van der Waals surface area contributed by atoms with E-state index in [1.165, 1.54) is 0 Å². The van der Waals surface area contributed by atoms with Crippen LogP contribution in [-0.4, -0.2) is 42.1 Å². The molecule has 0 aliphatic carbocycles. The zero-order valence-corrected chi connectivity index (χ0v) is 12.8. The summed E-state index contributed by atoms with van der Waals surface area (Å²) in [7, 11) is 0. The van der Waals surface area contributed by atoms with Gasteiger partial charge >= 0.3 is 6.03 Å². The molecular weight excluding hydrogens is 285 g/mol. The summed E-state index contributed by atoms with van der Waals surface area (Å²) in [5, 5.41) is 5.33. The number of amides is 3. The van der Waals surface area contributed by atoms with Gasteiger partial charge in [-0.05, 0) is 12.5 Å². The van der Waals surface area contributed by atoms with E-state index in [1.54, 1.807) is 4.90 Å². The van der Waals surface area contributed by atoms with Gasteiger partial charge in [-0.2, -0.15) is 0 Å². The lowest BCUT2D eigenvalue weighted by Gasteiger charge is -2.35. The van der Waals surface area contributed by atoms with Crippen molar-refractivity contribution in [2.45, 2.75) is 32.0 Å². The summed E-state index contributed by atoms with van der Waals surface area (Å²) in [4.78, 5) is 25.3. The number of hydrogen-bond donors (Lipinski definition) is 2. The highest BCUT2D eigenvalue weighted by Gasteiger charge is 2.42. The molecule has 1 fully saturated rings. The third-order valence-corrected chi connectivity index (χ3v) is 3.87. The molecule has 1 heterocycles. The lowest BCUT2D eigenvalue weighted by molar-refractivity contribution is -0.135. The molecule has 22 heavy (non-hydrogen) atoms. The summed E-state index contributed by atoms with van der Waals surface area (Å²) < 4.78 is 14.7. The molecule has 6 heteroatoms. The van der Waals surface area contributed by atoms with Gasteiger partial charge in [0.15, 0.2) is 5.67 Å². The monoisotopic (exact) mass is 307 g/mol. The Morgan fingerprint density at radius 3 is 2.41 bits per heavy atom. The molecule has 1 saturated heterocycles. The number of piperidine rings is 1. The Kier molecular flexibility index (Phi) is 5.35. The third kappa shape index (κ3) is 3.96. The molecule has 0 spiro atoms. The maximum atomic E-state index is 14.7. The molecule has 120 valence electrons. The largest absolute Gasteiger partial charge is 0.349 e. The van der Waals surface area contributed by atoms with Gasteiger partial charge in [0.25, 0.3) is 5.91 Å². The minimum atomic E-state index is -1.89. The molecule has 0 atom stereocenters. The van der Waals surface area contributed by atoms with E-state index in [-0.39, 0.29) is 32.0 Å². The van der Waals surface area contributed by atoms with E-state index in [0.717, 1.165) is 5.56 Å². The normalized spacial score (nSPS) is 16.9. The van der Waals surface area contributed by atoms with Crippen LogP contribution in [0.2, 0.25) is 0 Å². The summed E-state index contributed by atoms with van der Waals surface area (Å²) in [6.07, 6.45) is 0.0650. The first kappa shape index (κ1) is 16.3. The van der Waals surface area contributed by atoms with Gasteiger partial charge in [0.05, 0.1) is 0 Å². The number of halogens is 1. The maximum Gasteiger partial charge on any atom is 0.317 e. The molecule has 1 aliphatic heterocycles. The lowest BCUT2D eigenvalue weighted by atomic mass is 9.92. The van der Waals surface area contributed by atoms with Crippen molar-refractivity contribution in [3.63, 3.8) is 0 Å². The van der Waals surface area contributed by atoms with Crippen LogP contribution in [0, 0.1) is 0 Å². The number of carbonyl (C=O) groups is 2. The van der Waals surface area contributed by atoms with Gasteiger partial charge < -0.3 is 15.5 Å². The Morgan fingerprint density at radius 1 is 1.18 bits per heavy atom. The van der Waals surface area contributed by atoms with Crippen molar-refractivity contribution >= 4 is 11.9 Å². The van der Waals surface area contributed by atoms with Crippen LogP contribution in [0.25, 0.3) is 0 Å². The predicted octanol–water partition coefficient (Wildman–Crippen LogP) is 1.84. The number of benzene rings is 1. The van der Waals surface area contributed by atoms with Gasteiger partial charge in [-0.1, -0.05) is 30.3 Å². The quantitative estimate of drug-likeness (QED) is 0.891. The van der Waals surface area contributed by atoms with Crippen LogP contribution in [0.4, 0.5) is 9.18 Å². The van der Waals surface area contributed by atoms with E-state index < -0.39 is 11.6 Å². The number of hydrogen-bond acceptors (Lipinski definition) is 2. The van der Waals surface area contributed by atoms with E-state index in [9.17, 15) is 14.0 Å². The Bertz CT molecular complexity index is 513. The van der Waals surface area contributed by atoms with E-state index >= 15 is 0 Å². The Labute approximate surface area is 129 Å². The molecule has 1 aliphatic rings. The first-order valence-electron chi connectivity index (χ1n) is 7.59. The minimum absolute atomic E-state index is 0.0325. The van der Waals surface area contributed by atoms with Crippen LogP contribution in [-0.2, 0) is 11.3 Å². The van der Waals surface area contributed by atoms with E-state index in [4.69, 9.17) is 0 Å². The summed E-state index contributed by atoms with van der Waals surface area (Å²) in [5.74, 6) is -0.591. The fourth-order valence-electron chi connectivity index (χ4n) is 2.49. The fourth-order valence-corrected chi connectivity index (χ4v) is 2.49. The summed E-state index contributed by atoms with van der Waals surface area (Å²) >= 11 is 0. The van der Waals surface area contributed by atoms with Gasteiger partial charge in [0, 0.05) is 39.0 Å². The maximum absolute atomic E-state index is 14.7. The van der Waals surface area contributed by atoms with Gasteiger partial charge in [0.1, 0.15) is 0 Å². The van der Waals surface area contributed by atoms with Crippen LogP contribution in [0.5, 0.6) is 0 Å². The molecule has 0 radical (unpaired) electrons. The number of likely N-dealkylation sites (tertiary alicyclic amines) is 1. The molecule has 1 aromatic rings. The highest BCUT2D eigenvalue weighted by atomic mass is 19.1. The van der Waals surface area contributed by atoms with Crippen molar-refractivity contribution in [2.24, 2.45) is 0 Å². The van der Waals surface area contributed by atoms with Crippen LogP contribution in [0.3, 0.4) is 0 Å². The Hall–Kier alpha value is -2.11. The van der Waals surface area contributed by atoms with Crippen molar-refractivity contribution in [1.29, 1.82) is 0 Å². The Morgan fingerprint density at radius 2 is 1.82 bits per heavy atom. The molecule has 0 aromatic heterocycles. The molecule has 0 saturated carbocycles. The number of nitrogens with one attached hydrogen (secondary N) is 2. The van der Waals surface area contributed by atoms with Crippen molar-refractivity contribution < 1.29 is 14.0 Å². The molecule has 0 unspecified atom stereocenters. The average Bonchev–Trinajstić information content (AvgIpc) is 2.54. The summed E-state index contributed by atoms with van der Waals surface area (Å²) in [6, 6.07) is 9.19. The van der Waals surface area contributed by atoms with Crippen molar-refractivity contribution in [1.82, 2.24) is 15.5 Å². The van der Waals surface area contributed by atoms with E-state index in [2.05, 4.69) is 10.6 Å². The highest BCUT2D eigenvalue weighted by Crippen LogP contribution is 2.27. The van der Waals surface area contributed by atoms with Crippen LogP contribution < -0.4 is 10.6 Å². The van der Waals surface area contributed by atoms with Crippen LogP contribution >= 0.6 is 0 Å². The molecule has 2 N–H and O–H groups in total. The smallest absolute Gasteiger partial charge is 0.317 e. The van der Waals surface area contributed by atoms with Crippen molar-refractivity contribution in [2.75, 3.05) is 19.6 Å². The van der Waals surface area contributed by atoms with Crippen molar-refractivity contribution in [3.8, 4) is 0 Å². The van der Waals surface area contributed by atoms with Crippen LogP contribution in [0.1, 0.15) is 25.3 Å². The first-order chi connectivity index (χ1) is 10.5. The van der Waals surface area contributed by atoms with Gasteiger partial charge in [-0.15, -0.1) is 0 Å². The number of carbonyl (C=O) groups excluding carboxylic acids is 2.